The van der Waals surface area contributed by atoms with Crippen LogP contribution in [0.2, 0.25) is 0 Å². The summed E-state index contributed by atoms with van der Waals surface area (Å²) >= 11 is 3.12. The summed E-state index contributed by atoms with van der Waals surface area (Å²) < 4.78 is 26.9. The van der Waals surface area contributed by atoms with Gasteiger partial charge in [0.15, 0.2) is 0 Å². The van der Waals surface area contributed by atoms with Crippen LogP contribution in [-0.2, 0) is 10.0 Å². The number of hydrogen-bond donors (Lipinski definition) is 1. The molecule has 7 nitrogen and oxygen atoms in total. The average Bonchev–Trinajstić information content (AvgIpc) is 2.38. The normalized spacial score (nSPS) is 11.1. The number of nitrogens with one attached hydrogen (secondary N) is 1. The lowest BCUT2D eigenvalue weighted by Crippen LogP contribution is -2.14. The van der Waals surface area contributed by atoms with Crippen molar-refractivity contribution in [2.75, 3.05) is 4.72 Å². The number of pyridine rings is 1. The second kappa shape index (κ2) is 5.55. The number of nitro groups is 1. The van der Waals surface area contributed by atoms with Gasteiger partial charge in [0.2, 0.25) is 0 Å². The van der Waals surface area contributed by atoms with Crippen LogP contribution in [0.25, 0.3) is 0 Å². The fourth-order valence-corrected chi connectivity index (χ4v) is 2.81. The molecule has 0 fully saturated rings. The number of anilines is 1. The molecule has 1 N–H and O–H groups in total. The summed E-state index contributed by atoms with van der Waals surface area (Å²) in [7, 11) is -3.92. The number of aromatic nitrogens is 1. The van der Waals surface area contributed by atoms with Crippen molar-refractivity contribution in [1.29, 1.82) is 0 Å². The Bertz CT molecular complexity index is 764. The summed E-state index contributed by atoms with van der Waals surface area (Å²) in [4.78, 5) is 13.7. The molecule has 0 saturated heterocycles. The molecule has 9 heteroatoms. The minimum atomic E-state index is -3.92. The summed E-state index contributed by atoms with van der Waals surface area (Å²) in [6.45, 7) is 0. The van der Waals surface area contributed by atoms with Gasteiger partial charge < -0.3 is 0 Å². The molecular formula is C11H8BrN3O4S. The van der Waals surface area contributed by atoms with E-state index in [0.29, 0.717) is 4.60 Å². The Labute approximate surface area is 123 Å². The third-order valence-electron chi connectivity index (χ3n) is 2.29. The standard InChI is InChI=1S/C11H8BrN3O4S/c12-10-5-2-6-11(13-10)14-20(18,19)9-4-1-3-8(7-9)15(16)17/h1-7H,(H,13,14). The van der Waals surface area contributed by atoms with Crippen molar-refractivity contribution in [3.8, 4) is 0 Å². The van der Waals surface area contributed by atoms with Crippen molar-refractivity contribution < 1.29 is 13.3 Å². The summed E-state index contributed by atoms with van der Waals surface area (Å²) in [5.41, 5.74) is -0.296. The highest BCUT2D eigenvalue weighted by Crippen LogP contribution is 2.20. The number of hydrogen-bond acceptors (Lipinski definition) is 5. The van der Waals surface area contributed by atoms with Crippen molar-refractivity contribution in [2.24, 2.45) is 0 Å². The Morgan fingerprint density at radius 3 is 2.55 bits per heavy atom. The lowest BCUT2D eigenvalue weighted by atomic mass is 10.3. The minimum absolute atomic E-state index is 0.117. The van der Waals surface area contributed by atoms with E-state index in [4.69, 9.17) is 0 Å². The van der Waals surface area contributed by atoms with E-state index < -0.39 is 14.9 Å². The second-order valence-electron chi connectivity index (χ2n) is 3.71. The van der Waals surface area contributed by atoms with Gasteiger partial charge in [0, 0.05) is 12.1 Å². The van der Waals surface area contributed by atoms with Crippen LogP contribution in [0.3, 0.4) is 0 Å². The average molecular weight is 358 g/mol. The van der Waals surface area contributed by atoms with Crippen molar-refractivity contribution in [3.05, 3.63) is 57.2 Å². The molecule has 1 aromatic heterocycles. The number of nitrogens with zero attached hydrogens (tertiary/aromatic N) is 2. The van der Waals surface area contributed by atoms with Gasteiger partial charge in [-0.05, 0) is 34.1 Å². The molecule has 2 rings (SSSR count). The summed E-state index contributed by atoms with van der Waals surface area (Å²) in [6.07, 6.45) is 0. The maximum absolute atomic E-state index is 12.1. The highest BCUT2D eigenvalue weighted by atomic mass is 79.9. The molecule has 0 bridgehead atoms. The maximum Gasteiger partial charge on any atom is 0.270 e. The summed E-state index contributed by atoms with van der Waals surface area (Å²) in [5.74, 6) is 0.117. The molecular weight excluding hydrogens is 350 g/mol. The van der Waals surface area contributed by atoms with E-state index in [1.54, 1.807) is 12.1 Å². The molecule has 0 radical (unpaired) electrons. The van der Waals surface area contributed by atoms with Gasteiger partial charge >= 0.3 is 0 Å². The SMILES string of the molecule is O=[N+]([O-])c1cccc(S(=O)(=O)Nc2cccc(Br)n2)c1. The molecule has 2 aromatic rings. The number of benzene rings is 1. The Hall–Kier alpha value is -2.00. The molecule has 1 aromatic carbocycles. The Morgan fingerprint density at radius 1 is 1.20 bits per heavy atom. The highest BCUT2D eigenvalue weighted by molar-refractivity contribution is 9.10. The third-order valence-corrected chi connectivity index (χ3v) is 4.09. The first-order valence-electron chi connectivity index (χ1n) is 5.28. The van der Waals surface area contributed by atoms with Crippen molar-refractivity contribution in [1.82, 2.24) is 4.98 Å². The first-order chi connectivity index (χ1) is 9.38. The molecule has 0 spiro atoms. The fraction of sp³-hybridized carbons (Fsp3) is 0. The topological polar surface area (TPSA) is 102 Å². The van der Waals surface area contributed by atoms with Crippen LogP contribution in [0.5, 0.6) is 0 Å². The van der Waals surface area contributed by atoms with Crippen LogP contribution in [0, 0.1) is 10.1 Å². The lowest BCUT2D eigenvalue weighted by molar-refractivity contribution is -0.385. The largest absolute Gasteiger partial charge is 0.270 e. The number of halogens is 1. The molecule has 0 aliphatic heterocycles. The van der Waals surface area contributed by atoms with E-state index >= 15 is 0 Å². The second-order valence-corrected chi connectivity index (χ2v) is 6.20. The van der Waals surface area contributed by atoms with Gasteiger partial charge in [-0.25, -0.2) is 13.4 Å². The van der Waals surface area contributed by atoms with Gasteiger partial charge in [0.1, 0.15) is 10.4 Å². The van der Waals surface area contributed by atoms with Gasteiger partial charge in [0.25, 0.3) is 15.7 Å². The Balaban J connectivity index is 2.35. The van der Waals surface area contributed by atoms with Gasteiger partial charge in [-0.3, -0.25) is 14.8 Å². The van der Waals surface area contributed by atoms with Crippen LogP contribution >= 0.6 is 15.9 Å². The van der Waals surface area contributed by atoms with Crippen LogP contribution < -0.4 is 4.72 Å². The number of nitro benzene ring substituents is 1. The molecule has 0 saturated carbocycles. The summed E-state index contributed by atoms with van der Waals surface area (Å²) in [6, 6.07) is 9.51. The first-order valence-corrected chi connectivity index (χ1v) is 7.56. The van der Waals surface area contributed by atoms with E-state index in [1.807, 2.05) is 0 Å². The fourth-order valence-electron chi connectivity index (χ4n) is 1.43. The first kappa shape index (κ1) is 14.4. The molecule has 0 aliphatic rings. The van der Waals surface area contributed by atoms with E-state index in [2.05, 4.69) is 25.6 Å². The monoisotopic (exact) mass is 357 g/mol. The van der Waals surface area contributed by atoms with Crippen molar-refractivity contribution in [3.63, 3.8) is 0 Å². The smallest absolute Gasteiger partial charge is 0.263 e. The molecule has 1 heterocycles. The number of non-ortho nitro benzene ring substituents is 1. The van der Waals surface area contributed by atoms with Crippen LogP contribution in [-0.4, -0.2) is 18.3 Å². The Kier molecular flexibility index (Phi) is 4.00. The minimum Gasteiger partial charge on any atom is -0.263 e. The lowest BCUT2D eigenvalue weighted by Gasteiger charge is -2.07. The predicted octanol–water partition coefficient (Wildman–Crippen LogP) is 2.55. The molecule has 0 unspecified atom stereocenters. The van der Waals surface area contributed by atoms with Gasteiger partial charge in [-0.2, -0.15) is 0 Å². The zero-order valence-corrected chi connectivity index (χ0v) is 12.3. The molecule has 104 valence electrons. The molecule has 20 heavy (non-hydrogen) atoms. The zero-order chi connectivity index (χ0) is 14.8. The Morgan fingerprint density at radius 2 is 1.90 bits per heavy atom. The predicted molar refractivity (Wildman–Crippen MR) is 75.8 cm³/mol. The van der Waals surface area contributed by atoms with E-state index in [9.17, 15) is 18.5 Å². The van der Waals surface area contributed by atoms with Gasteiger partial charge in [0.05, 0.1) is 9.82 Å². The van der Waals surface area contributed by atoms with E-state index in [-0.39, 0.29) is 16.4 Å². The zero-order valence-electron chi connectivity index (χ0n) is 9.86. The van der Waals surface area contributed by atoms with E-state index in [0.717, 1.165) is 6.07 Å². The van der Waals surface area contributed by atoms with Crippen LogP contribution in [0.4, 0.5) is 11.5 Å². The van der Waals surface area contributed by atoms with Crippen molar-refractivity contribution in [2.45, 2.75) is 4.90 Å². The highest BCUT2D eigenvalue weighted by Gasteiger charge is 2.18. The number of sulfonamides is 1. The van der Waals surface area contributed by atoms with Crippen LogP contribution in [0.15, 0.2) is 52.0 Å². The number of rotatable bonds is 4. The van der Waals surface area contributed by atoms with Gasteiger partial charge in [-0.1, -0.05) is 12.1 Å². The molecule has 0 amide bonds. The maximum atomic E-state index is 12.1. The summed E-state index contributed by atoms with van der Waals surface area (Å²) in [5, 5.41) is 10.7. The molecule has 0 aliphatic carbocycles. The molecule has 0 atom stereocenters. The van der Waals surface area contributed by atoms with Crippen LogP contribution in [0.1, 0.15) is 0 Å². The van der Waals surface area contributed by atoms with Gasteiger partial charge in [-0.15, -0.1) is 0 Å². The van der Waals surface area contributed by atoms with E-state index in [1.165, 1.54) is 24.3 Å². The quantitative estimate of drug-likeness (QED) is 0.514. The third kappa shape index (κ3) is 3.31. The van der Waals surface area contributed by atoms with Crippen molar-refractivity contribution >= 4 is 37.5 Å².